The van der Waals surface area contributed by atoms with Crippen LogP contribution in [-0.4, -0.2) is 48.9 Å². The lowest BCUT2D eigenvalue weighted by atomic mass is 10.0. The van der Waals surface area contributed by atoms with Crippen LogP contribution < -0.4 is 5.32 Å². The molecule has 2 unspecified atom stereocenters. The Bertz CT molecular complexity index is 310. The van der Waals surface area contributed by atoms with Crippen molar-refractivity contribution in [2.75, 3.05) is 26.7 Å². The SMILES string of the molecule is CC(C)CC1C[N+](C)(C(=O)OC(C)(C)C)CCCN1. The molecule has 4 heteroatoms. The van der Waals surface area contributed by atoms with E-state index >= 15 is 0 Å². The van der Waals surface area contributed by atoms with Crippen LogP contribution in [-0.2, 0) is 4.74 Å². The Morgan fingerprint density at radius 3 is 2.58 bits per heavy atom. The number of nitrogens with one attached hydrogen (secondary N) is 1. The average Bonchev–Trinajstić information content (AvgIpc) is 2.37. The van der Waals surface area contributed by atoms with Crippen LogP contribution in [0.5, 0.6) is 0 Å². The topological polar surface area (TPSA) is 38.3 Å². The van der Waals surface area contributed by atoms with Gasteiger partial charge in [-0.15, -0.1) is 0 Å². The maximum Gasteiger partial charge on any atom is 0.516 e. The van der Waals surface area contributed by atoms with Crippen molar-refractivity contribution in [3.8, 4) is 0 Å². The fourth-order valence-corrected chi connectivity index (χ4v) is 2.64. The molecule has 0 aliphatic carbocycles. The highest BCUT2D eigenvalue weighted by Crippen LogP contribution is 2.19. The van der Waals surface area contributed by atoms with Gasteiger partial charge in [0, 0.05) is 13.0 Å². The van der Waals surface area contributed by atoms with Crippen LogP contribution in [0.3, 0.4) is 0 Å². The molecule has 4 nitrogen and oxygen atoms in total. The van der Waals surface area contributed by atoms with E-state index in [4.69, 9.17) is 4.74 Å². The molecule has 0 bridgehead atoms. The summed E-state index contributed by atoms with van der Waals surface area (Å²) in [6, 6.07) is 0.403. The highest BCUT2D eigenvalue weighted by molar-refractivity contribution is 5.60. The molecule has 1 saturated heterocycles. The molecular formula is C15H31N2O2+. The lowest BCUT2D eigenvalue weighted by Crippen LogP contribution is -2.55. The number of carbonyl (C=O) groups excluding carboxylic acids is 1. The van der Waals surface area contributed by atoms with Crippen molar-refractivity contribution in [2.45, 2.75) is 59.1 Å². The highest BCUT2D eigenvalue weighted by Gasteiger charge is 2.40. The predicted molar refractivity (Wildman–Crippen MR) is 78.0 cm³/mol. The van der Waals surface area contributed by atoms with E-state index in [0.717, 1.165) is 32.5 Å². The molecule has 0 aromatic rings. The van der Waals surface area contributed by atoms with Crippen molar-refractivity contribution in [1.29, 1.82) is 0 Å². The van der Waals surface area contributed by atoms with E-state index in [9.17, 15) is 4.79 Å². The highest BCUT2D eigenvalue weighted by atomic mass is 16.6. The van der Waals surface area contributed by atoms with Gasteiger partial charge in [0.15, 0.2) is 0 Å². The molecule has 1 amide bonds. The molecule has 0 aromatic carbocycles. The van der Waals surface area contributed by atoms with E-state index in [1.807, 2.05) is 27.8 Å². The number of quaternary nitrogens is 1. The minimum Gasteiger partial charge on any atom is -0.414 e. The zero-order valence-electron chi connectivity index (χ0n) is 13.5. The summed E-state index contributed by atoms with van der Waals surface area (Å²) in [7, 11) is 2.01. The molecule has 0 radical (unpaired) electrons. The normalized spacial score (nSPS) is 29.1. The van der Waals surface area contributed by atoms with Gasteiger partial charge in [0.1, 0.15) is 12.1 Å². The number of likely N-dealkylation sites (N-methyl/N-ethyl adjacent to an activating group) is 1. The van der Waals surface area contributed by atoms with Crippen LogP contribution in [0, 0.1) is 5.92 Å². The number of ether oxygens (including phenoxy) is 1. The Kier molecular flexibility index (Phi) is 5.39. The Morgan fingerprint density at radius 2 is 2.05 bits per heavy atom. The third-order valence-corrected chi connectivity index (χ3v) is 3.47. The number of hydrogen-bond donors (Lipinski definition) is 1. The second-order valence-electron chi connectivity index (χ2n) is 7.42. The summed E-state index contributed by atoms with van der Waals surface area (Å²) in [5.74, 6) is 0.641. The first kappa shape index (κ1) is 16.4. The van der Waals surface area contributed by atoms with E-state index in [1.165, 1.54) is 0 Å². The number of carbonyl (C=O) groups is 1. The summed E-state index contributed by atoms with van der Waals surface area (Å²) in [4.78, 5) is 12.4. The van der Waals surface area contributed by atoms with Crippen LogP contribution in [0.2, 0.25) is 0 Å². The first-order chi connectivity index (χ1) is 8.62. The maximum absolute atomic E-state index is 12.4. The van der Waals surface area contributed by atoms with E-state index in [2.05, 4.69) is 19.2 Å². The molecule has 1 heterocycles. The van der Waals surface area contributed by atoms with Crippen molar-refractivity contribution in [1.82, 2.24) is 5.32 Å². The molecule has 1 aliphatic rings. The molecule has 2 atom stereocenters. The smallest absolute Gasteiger partial charge is 0.414 e. The summed E-state index contributed by atoms with van der Waals surface area (Å²) < 4.78 is 5.99. The molecule has 1 fully saturated rings. The van der Waals surface area contributed by atoms with Gasteiger partial charge in [0.25, 0.3) is 0 Å². The molecule has 0 saturated carbocycles. The third-order valence-electron chi connectivity index (χ3n) is 3.47. The zero-order chi connectivity index (χ0) is 14.7. The Hall–Kier alpha value is -0.610. The molecule has 112 valence electrons. The summed E-state index contributed by atoms with van der Waals surface area (Å²) in [6.07, 6.45) is 2.03. The van der Waals surface area contributed by atoms with Crippen molar-refractivity contribution in [3.63, 3.8) is 0 Å². The summed E-state index contributed by atoms with van der Waals surface area (Å²) >= 11 is 0. The molecule has 19 heavy (non-hydrogen) atoms. The molecule has 1 aliphatic heterocycles. The Balaban J connectivity index is 2.74. The Morgan fingerprint density at radius 1 is 1.42 bits per heavy atom. The minimum absolute atomic E-state index is 0.0926. The van der Waals surface area contributed by atoms with Crippen molar-refractivity contribution >= 4 is 6.09 Å². The average molecular weight is 271 g/mol. The van der Waals surface area contributed by atoms with Crippen molar-refractivity contribution in [3.05, 3.63) is 0 Å². The van der Waals surface area contributed by atoms with E-state index in [0.29, 0.717) is 16.4 Å². The van der Waals surface area contributed by atoms with Gasteiger partial charge >= 0.3 is 6.09 Å². The lowest BCUT2D eigenvalue weighted by molar-refractivity contribution is -0.838. The number of rotatable bonds is 2. The molecule has 0 spiro atoms. The van der Waals surface area contributed by atoms with Gasteiger partial charge in [-0.05, 0) is 33.1 Å². The Labute approximate surface area is 118 Å². The second-order valence-corrected chi connectivity index (χ2v) is 7.42. The summed E-state index contributed by atoms with van der Waals surface area (Å²) in [5.41, 5.74) is -0.411. The maximum atomic E-state index is 12.4. The fraction of sp³-hybridized carbons (Fsp3) is 0.933. The molecule has 0 aromatic heterocycles. The monoisotopic (exact) mass is 271 g/mol. The zero-order valence-corrected chi connectivity index (χ0v) is 13.5. The number of amides is 1. The van der Waals surface area contributed by atoms with Crippen LogP contribution in [0.25, 0.3) is 0 Å². The largest absolute Gasteiger partial charge is 0.516 e. The van der Waals surface area contributed by atoms with Gasteiger partial charge in [-0.25, -0.2) is 4.48 Å². The molecule has 1 N–H and O–H groups in total. The lowest BCUT2D eigenvalue weighted by Gasteiger charge is -2.34. The summed E-state index contributed by atoms with van der Waals surface area (Å²) in [5, 5.41) is 3.56. The van der Waals surface area contributed by atoms with E-state index in [-0.39, 0.29) is 6.09 Å². The fourth-order valence-electron chi connectivity index (χ4n) is 2.64. The van der Waals surface area contributed by atoms with Gasteiger partial charge in [-0.2, -0.15) is 4.79 Å². The van der Waals surface area contributed by atoms with Gasteiger partial charge in [-0.3, -0.25) is 0 Å². The third kappa shape index (κ3) is 5.49. The predicted octanol–water partition coefficient (Wildman–Crippen LogP) is 2.78. The second kappa shape index (κ2) is 6.23. The van der Waals surface area contributed by atoms with Gasteiger partial charge < -0.3 is 10.1 Å². The quantitative estimate of drug-likeness (QED) is 0.785. The van der Waals surface area contributed by atoms with E-state index < -0.39 is 5.60 Å². The molecular weight excluding hydrogens is 240 g/mol. The first-order valence-corrected chi connectivity index (χ1v) is 7.44. The van der Waals surface area contributed by atoms with E-state index in [1.54, 1.807) is 0 Å². The number of hydrogen-bond acceptors (Lipinski definition) is 3. The van der Waals surface area contributed by atoms with Crippen molar-refractivity contribution < 1.29 is 14.0 Å². The van der Waals surface area contributed by atoms with Gasteiger partial charge in [0.2, 0.25) is 0 Å². The van der Waals surface area contributed by atoms with Crippen LogP contribution in [0.1, 0.15) is 47.5 Å². The minimum atomic E-state index is -0.411. The van der Waals surface area contributed by atoms with Crippen molar-refractivity contribution in [2.24, 2.45) is 5.92 Å². The van der Waals surface area contributed by atoms with Gasteiger partial charge in [-0.1, -0.05) is 13.8 Å². The summed E-state index contributed by atoms with van der Waals surface area (Å²) in [6.45, 7) is 12.9. The standard InChI is InChI=1S/C15H31N2O2/c1-12(2)10-13-11-17(6,9-7-8-16-13)14(18)19-15(3,4)5/h12-13,16H,7-11H2,1-6H3/q+1. The van der Waals surface area contributed by atoms with Crippen LogP contribution in [0.4, 0.5) is 4.79 Å². The van der Waals surface area contributed by atoms with Crippen LogP contribution in [0.15, 0.2) is 0 Å². The molecule has 1 rings (SSSR count). The van der Waals surface area contributed by atoms with Gasteiger partial charge in [0.05, 0.1) is 19.6 Å². The number of nitrogens with zero attached hydrogens (tertiary/aromatic N) is 1. The first-order valence-electron chi connectivity index (χ1n) is 7.44. The van der Waals surface area contributed by atoms with Crippen LogP contribution >= 0.6 is 0 Å².